The third kappa shape index (κ3) is 5.90. The molecule has 11 heteroatoms. The molecule has 0 spiro atoms. The summed E-state index contributed by atoms with van der Waals surface area (Å²) in [5, 5.41) is 2.48. The molecule has 1 unspecified atom stereocenters. The maximum absolute atomic E-state index is 13.5. The van der Waals surface area contributed by atoms with Crippen LogP contribution >= 0.6 is 23.2 Å². The quantitative estimate of drug-likeness (QED) is 0.633. The van der Waals surface area contributed by atoms with Gasteiger partial charge in [-0.3, -0.25) is 9.59 Å². The fourth-order valence-corrected chi connectivity index (χ4v) is 3.33. The Morgan fingerprint density at radius 3 is 2.46 bits per heavy atom. The first-order chi connectivity index (χ1) is 13.1. The fourth-order valence-electron chi connectivity index (χ4n) is 1.97. The van der Waals surface area contributed by atoms with Crippen LogP contribution < -0.4 is 10.0 Å². The predicted octanol–water partition coefficient (Wildman–Crippen LogP) is 2.98. The van der Waals surface area contributed by atoms with Gasteiger partial charge in [-0.2, -0.15) is 4.72 Å². The smallest absolute Gasteiger partial charge is 0.321 e. The van der Waals surface area contributed by atoms with Crippen LogP contribution in [0.15, 0.2) is 47.4 Å². The Bertz CT molecular complexity index is 1000. The standard InChI is InChI=1S/C17H15Cl2FN2O5S/c1-10(17(24)22-15-5-3-2-4-14(15)20)27-16(23)9-21-28(25,26)11-6-7-12(18)13(19)8-11/h2-8,10,21H,9H2,1H3,(H,22,24). The summed E-state index contributed by atoms with van der Waals surface area (Å²) in [5.74, 6) is -2.42. The highest BCUT2D eigenvalue weighted by atomic mass is 35.5. The lowest BCUT2D eigenvalue weighted by atomic mass is 10.3. The first-order valence-electron chi connectivity index (χ1n) is 7.80. The Hall–Kier alpha value is -2.20. The van der Waals surface area contributed by atoms with Crippen molar-refractivity contribution in [2.45, 2.75) is 17.9 Å². The third-order valence-electron chi connectivity index (χ3n) is 3.42. The number of anilines is 1. The van der Waals surface area contributed by atoms with Gasteiger partial charge in [-0.15, -0.1) is 0 Å². The van der Waals surface area contributed by atoms with E-state index >= 15 is 0 Å². The molecule has 0 bridgehead atoms. The fraction of sp³-hybridized carbons (Fsp3) is 0.176. The maximum Gasteiger partial charge on any atom is 0.321 e. The first-order valence-corrected chi connectivity index (χ1v) is 10.0. The number of para-hydroxylation sites is 1. The molecule has 2 rings (SSSR count). The van der Waals surface area contributed by atoms with Gasteiger partial charge in [-0.25, -0.2) is 12.8 Å². The molecule has 1 amide bonds. The molecule has 2 N–H and O–H groups in total. The molecule has 2 aromatic carbocycles. The van der Waals surface area contributed by atoms with Crippen molar-refractivity contribution >= 4 is 50.8 Å². The van der Waals surface area contributed by atoms with E-state index in [0.29, 0.717) is 0 Å². The number of hydrogen-bond acceptors (Lipinski definition) is 5. The molecule has 0 aromatic heterocycles. The zero-order valence-electron chi connectivity index (χ0n) is 14.4. The predicted molar refractivity (Wildman–Crippen MR) is 102 cm³/mol. The molecule has 28 heavy (non-hydrogen) atoms. The van der Waals surface area contributed by atoms with Gasteiger partial charge in [-0.05, 0) is 37.3 Å². The van der Waals surface area contributed by atoms with Gasteiger partial charge in [-0.1, -0.05) is 35.3 Å². The zero-order chi connectivity index (χ0) is 20.9. The van der Waals surface area contributed by atoms with Gasteiger partial charge in [0, 0.05) is 0 Å². The van der Waals surface area contributed by atoms with Gasteiger partial charge in [0.1, 0.15) is 12.4 Å². The topological polar surface area (TPSA) is 102 Å². The largest absolute Gasteiger partial charge is 0.452 e. The van der Waals surface area contributed by atoms with Crippen LogP contribution in [0, 0.1) is 5.82 Å². The van der Waals surface area contributed by atoms with Crippen molar-refractivity contribution in [3.63, 3.8) is 0 Å². The number of nitrogens with one attached hydrogen (secondary N) is 2. The van der Waals surface area contributed by atoms with E-state index in [1.165, 1.54) is 37.3 Å². The molecule has 150 valence electrons. The molecule has 0 aliphatic carbocycles. The molecule has 0 heterocycles. The molecular formula is C17H15Cl2FN2O5S. The summed E-state index contributed by atoms with van der Waals surface area (Å²) in [5.41, 5.74) is -0.0734. The van der Waals surface area contributed by atoms with E-state index in [-0.39, 0.29) is 20.6 Å². The summed E-state index contributed by atoms with van der Waals surface area (Å²) in [4.78, 5) is 23.6. The molecule has 0 saturated heterocycles. The highest BCUT2D eigenvalue weighted by molar-refractivity contribution is 7.89. The van der Waals surface area contributed by atoms with Crippen LogP contribution in [0.25, 0.3) is 0 Å². The van der Waals surface area contributed by atoms with Crippen LogP contribution in [0.3, 0.4) is 0 Å². The van der Waals surface area contributed by atoms with Crippen molar-refractivity contribution in [3.8, 4) is 0 Å². The molecule has 2 aromatic rings. The number of carbonyl (C=O) groups is 2. The number of benzene rings is 2. The normalized spacial score (nSPS) is 12.3. The van der Waals surface area contributed by atoms with E-state index in [4.69, 9.17) is 27.9 Å². The van der Waals surface area contributed by atoms with E-state index in [0.717, 1.165) is 12.1 Å². The number of rotatable bonds is 7. The van der Waals surface area contributed by atoms with Gasteiger partial charge < -0.3 is 10.1 Å². The molecule has 1 atom stereocenters. The molecule has 0 aliphatic heterocycles. The van der Waals surface area contributed by atoms with Crippen molar-refractivity contribution in [2.24, 2.45) is 0 Å². The lowest BCUT2D eigenvalue weighted by Crippen LogP contribution is -2.36. The van der Waals surface area contributed by atoms with Crippen molar-refractivity contribution in [2.75, 3.05) is 11.9 Å². The Morgan fingerprint density at radius 1 is 1.14 bits per heavy atom. The number of sulfonamides is 1. The third-order valence-corrected chi connectivity index (χ3v) is 5.56. The lowest BCUT2D eigenvalue weighted by molar-refractivity contribution is -0.151. The van der Waals surface area contributed by atoms with Crippen LogP contribution in [-0.2, 0) is 24.3 Å². The summed E-state index contributed by atoms with van der Waals surface area (Å²) in [6.45, 7) is 0.543. The van der Waals surface area contributed by atoms with Crippen molar-refractivity contribution < 1.29 is 27.1 Å². The Balaban J connectivity index is 1.91. The highest BCUT2D eigenvalue weighted by Crippen LogP contribution is 2.24. The van der Waals surface area contributed by atoms with E-state index in [9.17, 15) is 22.4 Å². The summed E-state index contributed by atoms with van der Waals surface area (Å²) in [6, 6.07) is 9.11. The second-order valence-corrected chi connectivity index (χ2v) is 8.08. The summed E-state index contributed by atoms with van der Waals surface area (Å²) < 4.78 is 44.7. The number of esters is 1. The van der Waals surface area contributed by atoms with Crippen LogP contribution in [0.4, 0.5) is 10.1 Å². The summed E-state index contributed by atoms with van der Waals surface area (Å²) in [6.07, 6.45) is -1.28. The molecule has 0 saturated carbocycles. The minimum Gasteiger partial charge on any atom is -0.452 e. The second-order valence-electron chi connectivity index (χ2n) is 5.50. The number of ether oxygens (including phenoxy) is 1. The highest BCUT2D eigenvalue weighted by Gasteiger charge is 2.21. The maximum atomic E-state index is 13.5. The second kappa shape index (κ2) is 9.33. The molecule has 7 nitrogen and oxygen atoms in total. The Labute approximate surface area is 170 Å². The van der Waals surface area contributed by atoms with Crippen LogP contribution in [0.2, 0.25) is 10.0 Å². The lowest BCUT2D eigenvalue weighted by Gasteiger charge is -2.14. The van der Waals surface area contributed by atoms with Crippen molar-refractivity contribution in [1.82, 2.24) is 4.72 Å². The first kappa shape index (κ1) is 22.1. The van der Waals surface area contributed by atoms with Gasteiger partial charge in [0.25, 0.3) is 5.91 Å². The van der Waals surface area contributed by atoms with E-state index in [2.05, 4.69) is 5.32 Å². The van der Waals surface area contributed by atoms with Gasteiger partial charge in [0.2, 0.25) is 10.0 Å². The molecule has 0 fully saturated rings. The van der Waals surface area contributed by atoms with Gasteiger partial charge in [0.15, 0.2) is 6.10 Å². The van der Waals surface area contributed by atoms with Gasteiger partial charge >= 0.3 is 5.97 Å². The van der Waals surface area contributed by atoms with Crippen LogP contribution in [-0.4, -0.2) is 32.9 Å². The average molecular weight is 449 g/mol. The minimum absolute atomic E-state index is 0.0329. The monoisotopic (exact) mass is 448 g/mol. The number of hydrogen-bond donors (Lipinski definition) is 2. The van der Waals surface area contributed by atoms with E-state index < -0.39 is 40.4 Å². The molecular weight excluding hydrogens is 434 g/mol. The minimum atomic E-state index is -4.05. The number of halogens is 3. The zero-order valence-corrected chi connectivity index (χ0v) is 16.7. The SMILES string of the molecule is CC(OC(=O)CNS(=O)(=O)c1ccc(Cl)c(Cl)c1)C(=O)Nc1ccccc1F. The number of amides is 1. The van der Waals surface area contributed by atoms with Crippen LogP contribution in [0.5, 0.6) is 0 Å². The van der Waals surface area contributed by atoms with Crippen molar-refractivity contribution in [1.29, 1.82) is 0 Å². The Kier molecular flexibility index (Phi) is 7.36. The van der Waals surface area contributed by atoms with Gasteiger partial charge in [0.05, 0.1) is 20.6 Å². The number of carbonyl (C=O) groups excluding carboxylic acids is 2. The van der Waals surface area contributed by atoms with E-state index in [1.807, 2.05) is 4.72 Å². The van der Waals surface area contributed by atoms with Crippen LogP contribution in [0.1, 0.15) is 6.92 Å². The van der Waals surface area contributed by atoms with E-state index in [1.54, 1.807) is 0 Å². The molecule has 0 radical (unpaired) electrons. The van der Waals surface area contributed by atoms with Crippen molar-refractivity contribution in [3.05, 3.63) is 58.3 Å². The molecule has 0 aliphatic rings. The Morgan fingerprint density at radius 2 is 1.82 bits per heavy atom. The average Bonchev–Trinajstić information content (AvgIpc) is 2.64. The summed E-state index contributed by atoms with van der Waals surface area (Å²) >= 11 is 11.5. The summed E-state index contributed by atoms with van der Waals surface area (Å²) in [7, 11) is -4.05.